The Morgan fingerprint density at radius 1 is 0.528 bits per heavy atom. The fourth-order valence-electron chi connectivity index (χ4n) is 6.97. The first-order chi connectivity index (χ1) is 26.1. The number of para-hydroxylation sites is 2. The van der Waals surface area contributed by atoms with Gasteiger partial charge in [-0.25, -0.2) is 19.7 Å². The number of nitrogens with zero attached hydrogens (tertiary/aromatic N) is 7. The second-order valence-electron chi connectivity index (χ2n) is 12.6. The predicted octanol–water partition coefficient (Wildman–Crippen LogP) is 11.8. The van der Waals surface area contributed by atoms with Gasteiger partial charge in [0.1, 0.15) is 11.0 Å². The lowest BCUT2D eigenvalue weighted by Crippen LogP contribution is -2.01. The van der Waals surface area contributed by atoms with Gasteiger partial charge in [-0.05, 0) is 53.1 Å². The molecule has 0 saturated heterocycles. The Kier molecular flexibility index (Phi) is 7.48. The molecule has 0 aliphatic rings. The summed E-state index contributed by atoms with van der Waals surface area (Å²) in [6.45, 7) is 14.9. The molecule has 0 saturated carbocycles. The van der Waals surface area contributed by atoms with E-state index in [9.17, 15) is 5.26 Å². The van der Waals surface area contributed by atoms with Crippen molar-refractivity contribution in [2.24, 2.45) is 0 Å². The molecule has 0 spiro atoms. The Hall–Kier alpha value is -7.92. The van der Waals surface area contributed by atoms with Gasteiger partial charge in [-0.15, -0.1) is 0 Å². The Morgan fingerprint density at radius 3 is 1.62 bits per heavy atom. The van der Waals surface area contributed by atoms with Crippen LogP contribution in [0.25, 0.3) is 93.1 Å². The van der Waals surface area contributed by atoms with Crippen molar-refractivity contribution in [2.75, 3.05) is 0 Å². The van der Waals surface area contributed by atoms with Crippen LogP contribution in [-0.4, -0.2) is 19.5 Å². The molecule has 0 radical (unpaired) electrons. The molecule has 7 heteroatoms. The quantitative estimate of drug-likeness (QED) is 0.170. The van der Waals surface area contributed by atoms with Crippen molar-refractivity contribution >= 4 is 44.2 Å². The summed E-state index contributed by atoms with van der Waals surface area (Å²) in [4.78, 5) is 22.9. The van der Waals surface area contributed by atoms with Crippen molar-refractivity contribution in [1.29, 1.82) is 5.26 Å². The lowest BCUT2D eigenvalue weighted by molar-refractivity contribution is 1.18. The van der Waals surface area contributed by atoms with E-state index in [1.165, 1.54) is 10.8 Å². The van der Waals surface area contributed by atoms with Gasteiger partial charge in [0.05, 0.1) is 52.9 Å². The zero-order valence-corrected chi connectivity index (χ0v) is 28.1. The van der Waals surface area contributed by atoms with Gasteiger partial charge in [0, 0.05) is 33.8 Å². The summed E-state index contributed by atoms with van der Waals surface area (Å²) in [7, 11) is 0. The third kappa shape index (κ3) is 5.32. The van der Waals surface area contributed by atoms with Gasteiger partial charge < -0.3 is 4.57 Å². The average Bonchev–Trinajstić information content (AvgIpc) is 3.57. The Balaban J connectivity index is 1.33. The molecule has 6 aromatic carbocycles. The zero-order chi connectivity index (χ0) is 35.9. The van der Waals surface area contributed by atoms with Crippen molar-refractivity contribution in [3.8, 4) is 56.7 Å². The number of pyridine rings is 1. The highest BCUT2D eigenvalue weighted by Gasteiger charge is 2.21. The third-order valence-electron chi connectivity index (χ3n) is 9.52. The lowest BCUT2D eigenvalue weighted by atomic mass is 9.99. The van der Waals surface area contributed by atoms with Crippen molar-refractivity contribution in [3.63, 3.8) is 0 Å². The molecule has 0 atom stereocenters. The van der Waals surface area contributed by atoms with Crippen molar-refractivity contribution in [2.45, 2.75) is 0 Å². The Morgan fingerprint density at radius 2 is 1.06 bits per heavy atom. The van der Waals surface area contributed by atoms with Gasteiger partial charge in [0.15, 0.2) is 11.4 Å². The third-order valence-corrected chi connectivity index (χ3v) is 9.52. The van der Waals surface area contributed by atoms with Crippen LogP contribution in [0, 0.1) is 24.5 Å². The summed E-state index contributed by atoms with van der Waals surface area (Å²) >= 11 is 0. The van der Waals surface area contributed by atoms with Crippen LogP contribution in [0.2, 0.25) is 0 Å². The highest BCUT2D eigenvalue weighted by atomic mass is 15.0. The molecule has 0 bridgehead atoms. The molecule has 3 heterocycles. The average molecular weight is 676 g/mol. The first-order valence-corrected chi connectivity index (χ1v) is 16.9. The van der Waals surface area contributed by atoms with E-state index in [-0.39, 0.29) is 0 Å². The monoisotopic (exact) mass is 675 g/mol. The normalized spacial score (nSPS) is 11.0. The van der Waals surface area contributed by atoms with Crippen LogP contribution in [-0.2, 0) is 0 Å². The minimum Gasteiger partial charge on any atom is -0.309 e. The van der Waals surface area contributed by atoms with E-state index < -0.39 is 0 Å². The maximum Gasteiger partial charge on any atom is 0.187 e. The molecular weight excluding hydrogens is 651 g/mol. The van der Waals surface area contributed by atoms with E-state index in [0.29, 0.717) is 45.1 Å². The maximum absolute atomic E-state index is 9.54. The molecule has 7 nitrogen and oxygen atoms in total. The SMILES string of the molecule is [C-]#[N+]c1ccc(-c2nc3c(-c4ccc([N+]#[C-])cc4)ncc(-c4cccc(-n5c6ccccc6c6ccccc65)c4)c3nc2-c2ccc(C#N)cc2)cc1. The molecular formula is C46H25N7. The van der Waals surface area contributed by atoms with Crippen molar-refractivity contribution in [1.82, 2.24) is 19.5 Å². The standard InChI is InChI=1S/C46H25N7/c1-48-34-22-18-30(19-23-34)42-46-45(51-43(31-16-14-29(27-47)15-17-31)44(52-46)32-20-24-35(49-2)25-21-32)39(28-50-42)33-8-7-9-36(26-33)53-40-12-5-3-10-37(40)38-11-4-6-13-41(38)53/h3-26,28H. The molecule has 244 valence electrons. The number of rotatable bonds is 5. The molecule has 0 N–H and O–H groups in total. The second kappa shape index (κ2) is 12.8. The van der Waals surface area contributed by atoms with Gasteiger partial charge in [0.2, 0.25) is 0 Å². The van der Waals surface area contributed by atoms with Gasteiger partial charge in [-0.3, -0.25) is 4.98 Å². The molecule has 0 aliphatic heterocycles. The van der Waals surface area contributed by atoms with E-state index in [4.69, 9.17) is 28.1 Å². The highest BCUT2D eigenvalue weighted by Crippen LogP contribution is 2.39. The van der Waals surface area contributed by atoms with Crippen molar-refractivity contribution < 1.29 is 0 Å². The van der Waals surface area contributed by atoms with Gasteiger partial charge in [-0.1, -0.05) is 109 Å². The van der Waals surface area contributed by atoms with Crippen LogP contribution in [0.1, 0.15) is 5.56 Å². The molecule has 0 fully saturated rings. The first-order valence-electron chi connectivity index (χ1n) is 16.9. The maximum atomic E-state index is 9.54. The minimum absolute atomic E-state index is 0.523. The smallest absolute Gasteiger partial charge is 0.187 e. The predicted molar refractivity (Wildman–Crippen MR) is 211 cm³/mol. The van der Waals surface area contributed by atoms with Crippen LogP contribution in [0.4, 0.5) is 11.4 Å². The molecule has 0 unspecified atom stereocenters. The summed E-state index contributed by atoms with van der Waals surface area (Å²) in [5.74, 6) is 0. The summed E-state index contributed by atoms with van der Waals surface area (Å²) in [5, 5.41) is 11.9. The number of nitriles is 1. The van der Waals surface area contributed by atoms with Crippen LogP contribution in [0.3, 0.4) is 0 Å². The minimum atomic E-state index is 0.523. The summed E-state index contributed by atoms with van der Waals surface area (Å²) in [6, 6.07) is 49.5. The number of fused-ring (bicyclic) bond motifs is 4. The summed E-state index contributed by atoms with van der Waals surface area (Å²) in [6.07, 6.45) is 1.85. The molecule has 0 amide bonds. The number of hydrogen-bond donors (Lipinski definition) is 0. The largest absolute Gasteiger partial charge is 0.309 e. The fourth-order valence-corrected chi connectivity index (χ4v) is 6.97. The van der Waals surface area contributed by atoms with Crippen LogP contribution in [0.15, 0.2) is 152 Å². The van der Waals surface area contributed by atoms with E-state index in [2.05, 4.69) is 93.1 Å². The Labute approximate surface area is 305 Å². The number of benzene rings is 6. The van der Waals surface area contributed by atoms with E-state index in [1.807, 2.05) is 42.6 Å². The summed E-state index contributed by atoms with van der Waals surface area (Å²) in [5.41, 5.74) is 12.1. The summed E-state index contributed by atoms with van der Waals surface area (Å²) < 4.78 is 2.29. The number of aromatic nitrogens is 4. The fraction of sp³-hybridized carbons (Fsp3) is 0. The lowest BCUT2D eigenvalue weighted by Gasteiger charge is -2.16. The first kappa shape index (κ1) is 31.1. The second-order valence-corrected chi connectivity index (χ2v) is 12.6. The molecule has 9 rings (SSSR count). The highest BCUT2D eigenvalue weighted by molar-refractivity contribution is 6.09. The topological polar surface area (TPSA) is 76.1 Å². The van der Waals surface area contributed by atoms with Gasteiger partial charge in [-0.2, -0.15) is 5.26 Å². The molecule has 3 aromatic heterocycles. The number of hydrogen-bond acceptors (Lipinski definition) is 4. The van der Waals surface area contributed by atoms with Crippen LogP contribution >= 0.6 is 0 Å². The van der Waals surface area contributed by atoms with E-state index in [1.54, 1.807) is 36.4 Å². The van der Waals surface area contributed by atoms with Crippen molar-refractivity contribution in [3.05, 3.63) is 180 Å². The molecule has 0 aliphatic carbocycles. The van der Waals surface area contributed by atoms with Crippen LogP contribution in [0.5, 0.6) is 0 Å². The Bertz CT molecular complexity index is 2960. The van der Waals surface area contributed by atoms with E-state index in [0.717, 1.165) is 44.5 Å². The van der Waals surface area contributed by atoms with Crippen LogP contribution < -0.4 is 0 Å². The zero-order valence-electron chi connectivity index (χ0n) is 28.1. The van der Waals surface area contributed by atoms with Gasteiger partial charge >= 0.3 is 0 Å². The van der Waals surface area contributed by atoms with Gasteiger partial charge in [0.25, 0.3) is 0 Å². The molecule has 53 heavy (non-hydrogen) atoms. The molecule has 9 aromatic rings. The van der Waals surface area contributed by atoms with E-state index >= 15 is 0 Å².